The number of carbonyl (C=O) groups excluding carboxylic acids is 4. The van der Waals surface area contributed by atoms with Gasteiger partial charge in [-0.3, -0.25) is 38.6 Å². The summed E-state index contributed by atoms with van der Waals surface area (Å²) < 4.78 is 5.07. The number of aryl methyl sites for hydroxylation is 2. The first-order chi connectivity index (χ1) is 36.9. The molecule has 28 heteroatoms. The van der Waals surface area contributed by atoms with Crippen molar-refractivity contribution in [2.45, 2.75) is 139 Å². The second-order valence-electron chi connectivity index (χ2n) is 18.8. The lowest BCUT2D eigenvalue weighted by Gasteiger charge is -2.40. The van der Waals surface area contributed by atoms with Crippen molar-refractivity contribution in [2.75, 3.05) is 45.9 Å². The topological polar surface area (TPSA) is 452 Å². The highest BCUT2D eigenvalue weighted by atomic mass is 16.6. The number of aliphatic hydroxyl groups is 4. The lowest BCUT2D eigenvalue weighted by atomic mass is 9.96. The summed E-state index contributed by atoms with van der Waals surface area (Å²) in [6.45, 7) is -1.22. The lowest BCUT2D eigenvalue weighted by Crippen LogP contribution is -2.64. The number of nitrogens with zero attached hydrogens (tertiary/aromatic N) is 2. The van der Waals surface area contributed by atoms with Crippen molar-refractivity contribution < 1.29 is 104 Å². The fourth-order valence-corrected chi connectivity index (χ4v) is 8.28. The summed E-state index contributed by atoms with van der Waals surface area (Å²) in [5.41, 5.74) is 1.90. The number of hydrogen-bond acceptors (Lipinski definition) is 18. The van der Waals surface area contributed by atoms with Gasteiger partial charge in [0.15, 0.2) is 6.29 Å². The highest BCUT2D eigenvalue weighted by Crippen LogP contribution is 2.24. The Hall–Kier alpha value is -7.21. The Balaban J connectivity index is 1.41. The van der Waals surface area contributed by atoms with Crippen molar-refractivity contribution in [3.8, 4) is 11.5 Å². The van der Waals surface area contributed by atoms with Crippen LogP contribution in [0.1, 0.15) is 92.9 Å². The minimum Gasteiger partial charge on any atom is -0.508 e. The molecule has 16 N–H and O–H groups in total. The number of amides is 5. The average molecular weight is 1110 g/mol. The molecule has 1 fully saturated rings. The zero-order chi connectivity index (χ0) is 57.9. The number of nitrogens with one attached hydrogen (secondary N) is 5. The number of ether oxygens (including phenoxy) is 1. The largest absolute Gasteiger partial charge is 0.508 e. The number of aliphatic hydroxyl groups excluding tert-OH is 4. The zero-order valence-corrected chi connectivity index (χ0v) is 43.0. The van der Waals surface area contributed by atoms with E-state index in [1.54, 1.807) is 24.3 Å². The van der Waals surface area contributed by atoms with E-state index in [4.69, 9.17) is 9.84 Å². The smallest absolute Gasteiger partial charge is 0.326 e. The van der Waals surface area contributed by atoms with Gasteiger partial charge in [0.05, 0.1) is 19.7 Å². The Kier molecular flexibility index (Phi) is 28.2. The molecule has 5 amide bonds. The van der Waals surface area contributed by atoms with E-state index in [0.717, 1.165) is 0 Å². The number of carboxylic acid groups (broad SMARTS) is 5. The summed E-state index contributed by atoms with van der Waals surface area (Å²) in [4.78, 5) is 110. The Bertz CT molecular complexity index is 2340. The van der Waals surface area contributed by atoms with Crippen molar-refractivity contribution in [3.05, 3.63) is 58.7 Å². The molecule has 2 aromatic carbocycles. The van der Waals surface area contributed by atoms with Crippen molar-refractivity contribution in [2.24, 2.45) is 0 Å². The van der Waals surface area contributed by atoms with Crippen LogP contribution in [0.4, 0.5) is 4.79 Å². The molecule has 78 heavy (non-hydrogen) atoms. The van der Waals surface area contributed by atoms with Crippen LogP contribution in [-0.2, 0) is 69.0 Å². The van der Waals surface area contributed by atoms with Crippen LogP contribution >= 0.6 is 0 Å². The van der Waals surface area contributed by atoms with Crippen LogP contribution in [0, 0.1) is 0 Å². The van der Waals surface area contributed by atoms with Crippen molar-refractivity contribution >= 4 is 53.6 Å². The molecule has 434 valence electrons. The molecule has 0 aromatic heterocycles. The number of carboxylic acids is 5. The molecule has 3 unspecified atom stereocenters. The summed E-state index contributed by atoms with van der Waals surface area (Å²) in [6.07, 6.45) is -4.16. The first-order valence-corrected chi connectivity index (χ1v) is 25.3. The van der Waals surface area contributed by atoms with E-state index in [-0.39, 0.29) is 94.6 Å². The van der Waals surface area contributed by atoms with E-state index < -0.39 is 117 Å². The number of carbonyl (C=O) groups is 9. The van der Waals surface area contributed by atoms with Gasteiger partial charge in [-0.25, -0.2) is 14.4 Å². The maximum Gasteiger partial charge on any atom is 0.326 e. The van der Waals surface area contributed by atoms with Crippen LogP contribution in [0.25, 0.3) is 0 Å². The predicted molar refractivity (Wildman–Crippen MR) is 270 cm³/mol. The van der Waals surface area contributed by atoms with Crippen LogP contribution in [0.5, 0.6) is 11.5 Å². The van der Waals surface area contributed by atoms with Crippen molar-refractivity contribution in [1.82, 2.24) is 36.4 Å². The Morgan fingerprint density at radius 1 is 0.564 bits per heavy atom. The molecule has 0 bridgehead atoms. The fourth-order valence-electron chi connectivity index (χ4n) is 8.28. The molecule has 7 atom stereocenters. The van der Waals surface area contributed by atoms with E-state index >= 15 is 0 Å². The van der Waals surface area contributed by atoms with Crippen LogP contribution in [-0.4, -0.2) is 208 Å². The molecule has 1 saturated heterocycles. The van der Waals surface area contributed by atoms with E-state index in [0.29, 0.717) is 60.9 Å². The van der Waals surface area contributed by atoms with Gasteiger partial charge < -0.3 is 87.5 Å². The van der Waals surface area contributed by atoms with E-state index in [2.05, 4.69) is 26.6 Å². The van der Waals surface area contributed by atoms with Gasteiger partial charge in [-0.2, -0.15) is 0 Å². The summed E-state index contributed by atoms with van der Waals surface area (Å²) in [7, 11) is 0. The third kappa shape index (κ3) is 24.4. The van der Waals surface area contributed by atoms with Gasteiger partial charge in [-0.1, -0.05) is 30.7 Å². The summed E-state index contributed by atoms with van der Waals surface area (Å²) in [6, 6.07) is 3.83. The van der Waals surface area contributed by atoms with Gasteiger partial charge in [0, 0.05) is 76.1 Å². The molecular weight excluding hydrogens is 1030 g/mol. The van der Waals surface area contributed by atoms with Crippen molar-refractivity contribution in [1.29, 1.82) is 0 Å². The van der Waals surface area contributed by atoms with Gasteiger partial charge in [0.2, 0.25) is 17.7 Å². The number of aromatic hydroxyl groups is 2. The molecule has 0 radical (unpaired) electrons. The first-order valence-electron chi connectivity index (χ1n) is 25.3. The van der Waals surface area contributed by atoms with Crippen LogP contribution < -0.4 is 26.6 Å². The minimum atomic E-state index is -1.71. The van der Waals surface area contributed by atoms with E-state index in [1.807, 2.05) is 0 Å². The Labute approximate surface area is 448 Å². The van der Waals surface area contributed by atoms with Gasteiger partial charge in [-0.15, -0.1) is 0 Å². The SMILES string of the molecule is O=C(O)CC[C@H](NC(=O)N[C@@H](CCCCNC(=O)CCCCCNC(=O)CCc1ccc(O)c(CN(CCN(CC(=O)O)Cc2cc(CCC(=O)N[C@@H]3C(O)OC(CO)[C@@H](O)C3O)ccc2O)CC(=O)O)c1)C(=O)O)C(=O)O. The predicted octanol–water partition coefficient (Wildman–Crippen LogP) is -1.61. The maximum absolute atomic E-state index is 12.8. The molecule has 0 saturated carbocycles. The summed E-state index contributed by atoms with van der Waals surface area (Å²) in [5, 5.41) is 120. The second-order valence-corrected chi connectivity index (χ2v) is 18.8. The summed E-state index contributed by atoms with van der Waals surface area (Å²) >= 11 is 0. The van der Waals surface area contributed by atoms with Gasteiger partial charge in [-0.05, 0) is 74.6 Å². The number of unbranched alkanes of at least 4 members (excludes halogenated alkanes) is 3. The Morgan fingerprint density at radius 2 is 1.05 bits per heavy atom. The van der Waals surface area contributed by atoms with Crippen LogP contribution in [0.2, 0.25) is 0 Å². The van der Waals surface area contributed by atoms with Gasteiger partial charge in [0.1, 0.15) is 47.9 Å². The van der Waals surface area contributed by atoms with Crippen LogP contribution in [0.3, 0.4) is 0 Å². The number of benzene rings is 2. The molecule has 1 aliphatic rings. The number of rotatable bonds is 37. The third-order valence-electron chi connectivity index (χ3n) is 12.5. The molecule has 2 aromatic rings. The van der Waals surface area contributed by atoms with E-state index in [9.17, 15) is 94.2 Å². The number of aliphatic carboxylic acids is 5. The molecular formula is C50H73N7O21. The quantitative estimate of drug-likeness (QED) is 0.0338. The zero-order valence-electron chi connectivity index (χ0n) is 43.0. The average Bonchev–Trinajstić information content (AvgIpc) is 3.38. The summed E-state index contributed by atoms with van der Waals surface area (Å²) in [5.74, 6) is -7.90. The molecule has 1 aliphatic heterocycles. The number of hydrogen-bond donors (Lipinski definition) is 16. The van der Waals surface area contributed by atoms with Crippen LogP contribution in [0.15, 0.2) is 36.4 Å². The molecule has 3 rings (SSSR count). The monoisotopic (exact) mass is 1110 g/mol. The lowest BCUT2D eigenvalue weighted by molar-refractivity contribution is -0.253. The number of phenolic OH excluding ortho intramolecular Hbond substituents is 2. The standard InChI is InChI=1S/C50H73N7O21/c58-28-37-45(70)46(71)44(49(76)78-37)55-40(63)16-11-30-9-14-36(60)32(23-30)25-57(27-43(68)69)21-20-56(26-42(66)67)24-31-22-29(8-13-35(31)59)10-15-39(62)52-18-4-1-2-7-38(61)51-19-5-3-6-33(47(72)73)53-50(77)54-34(48(74)75)12-17-41(64)65/h8-9,13-14,22-23,33-34,37,44-46,49,58-60,70-71,76H,1-7,10-12,15-21,24-28H2,(H,51,61)(H,52,62)(H,55,63)(H,64,65)(H,66,67)(H,68,69)(H,72,73)(H,74,75)(H2,53,54,77)/t33-,34-,37?,44-,45+,46?,49?/m0/s1. The van der Waals surface area contributed by atoms with E-state index in [1.165, 1.54) is 21.9 Å². The maximum atomic E-state index is 12.8. The minimum absolute atomic E-state index is 0.00210. The highest BCUT2D eigenvalue weighted by Gasteiger charge is 2.44. The van der Waals surface area contributed by atoms with Crippen molar-refractivity contribution in [3.63, 3.8) is 0 Å². The second kappa shape index (κ2) is 33.8. The fraction of sp³-hybridized carbons (Fsp3) is 0.580. The number of phenols is 2. The molecule has 0 spiro atoms. The van der Waals surface area contributed by atoms with Gasteiger partial charge >= 0.3 is 35.9 Å². The molecule has 1 heterocycles. The molecule has 0 aliphatic carbocycles. The first kappa shape index (κ1) is 65.1. The number of urea groups is 1. The normalized spacial score (nSPS) is 17.8. The third-order valence-corrected chi connectivity index (χ3v) is 12.5. The Morgan fingerprint density at radius 3 is 1.54 bits per heavy atom. The van der Waals surface area contributed by atoms with Gasteiger partial charge in [0.25, 0.3) is 0 Å². The molecule has 28 nitrogen and oxygen atoms in total. The highest BCUT2D eigenvalue weighted by molar-refractivity contribution is 5.86.